The highest BCUT2D eigenvalue weighted by Gasteiger charge is 2.19. The van der Waals surface area contributed by atoms with Crippen LogP contribution in [0.1, 0.15) is 31.1 Å². The quantitative estimate of drug-likeness (QED) is 0.702. The van der Waals surface area contributed by atoms with Gasteiger partial charge in [-0.15, -0.1) is 0 Å². The van der Waals surface area contributed by atoms with Crippen molar-refractivity contribution in [1.29, 1.82) is 0 Å². The van der Waals surface area contributed by atoms with Gasteiger partial charge in [0.25, 0.3) is 5.91 Å². The summed E-state index contributed by atoms with van der Waals surface area (Å²) in [5, 5.41) is 2.78. The first-order valence-corrected chi connectivity index (χ1v) is 10.1. The molecule has 1 saturated heterocycles. The molecule has 1 N–H and O–H groups in total. The Balaban J connectivity index is 1.52. The number of nitrogens with zero attached hydrogens (tertiary/aromatic N) is 1. The summed E-state index contributed by atoms with van der Waals surface area (Å²) in [7, 11) is 0. The van der Waals surface area contributed by atoms with Crippen LogP contribution in [0.15, 0.2) is 48.5 Å². The second kappa shape index (κ2) is 10.1. The Morgan fingerprint density at radius 3 is 2.20 bits per heavy atom. The van der Waals surface area contributed by atoms with Gasteiger partial charge in [-0.25, -0.2) is 4.79 Å². The SMILES string of the molecule is CC(C)Oc1ccc(C(=O)O[C@@H](C)C(=O)Nc2ccc(N3CCOCC3)cc2)cc1. The molecule has 1 atom stereocenters. The lowest BCUT2D eigenvalue weighted by Gasteiger charge is -2.28. The van der Waals surface area contributed by atoms with E-state index in [1.165, 1.54) is 0 Å². The molecule has 1 aliphatic rings. The normalized spacial score (nSPS) is 14.9. The minimum Gasteiger partial charge on any atom is -0.491 e. The number of carbonyl (C=O) groups excluding carboxylic acids is 2. The highest BCUT2D eigenvalue weighted by Crippen LogP contribution is 2.20. The zero-order valence-electron chi connectivity index (χ0n) is 17.6. The molecule has 3 rings (SSSR count). The van der Waals surface area contributed by atoms with E-state index in [1.807, 2.05) is 38.1 Å². The van der Waals surface area contributed by atoms with E-state index in [0.717, 1.165) is 32.0 Å². The van der Waals surface area contributed by atoms with E-state index in [-0.39, 0.29) is 12.0 Å². The van der Waals surface area contributed by atoms with Gasteiger partial charge in [0.05, 0.1) is 24.9 Å². The highest BCUT2D eigenvalue weighted by atomic mass is 16.5. The molecule has 1 fully saturated rings. The molecule has 0 radical (unpaired) electrons. The van der Waals surface area contributed by atoms with Crippen LogP contribution in [-0.2, 0) is 14.3 Å². The summed E-state index contributed by atoms with van der Waals surface area (Å²) in [4.78, 5) is 26.9. The minimum atomic E-state index is -0.928. The standard InChI is InChI=1S/C23H28N2O5/c1-16(2)29-21-10-4-18(5-11-21)23(27)30-17(3)22(26)24-19-6-8-20(9-7-19)25-12-14-28-15-13-25/h4-11,16-17H,12-15H2,1-3H3,(H,24,26)/t17-/m0/s1. The van der Waals surface area contributed by atoms with Crippen molar-refractivity contribution in [2.75, 3.05) is 36.5 Å². The molecular weight excluding hydrogens is 384 g/mol. The Labute approximate surface area is 176 Å². The van der Waals surface area contributed by atoms with Crippen LogP contribution in [0.25, 0.3) is 0 Å². The van der Waals surface area contributed by atoms with E-state index in [0.29, 0.717) is 17.0 Å². The lowest BCUT2D eigenvalue weighted by Crippen LogP contribution is -2.36. The van der Waals surface area contributed by atoms with Gasteiger partial charge in [0.15, 0.2) is 6.10 Å². The van der Waals surface area contributed by atoms with Crippen LogP contribution in [-0.4, -0.2) is 50.4 Å². The molecule has 2 aromatic rings. The molecule has 0 bridgehead atoms. The highest BCUT2D eigenvalue weighted by molar-refractivity contribution is 5.97. The number of nitrogens with one attached hydrogen (secondary N) is 1. The second-order valence-electron chi connectivity index (χ2n) is 7.37. The fraction of sp³-hybridized carbons (Fsp3) is 0.391. The Morgan fingerprint density at radius 1 is 0.967 bits per heavy atom. The Kier molecular flexibility index (Phi) is 7.30. The maximum absolute atomic E-state index is 12.4. The summed E-state index contributed by atoms with van der Waals surface area (Å²) in [6, 6.07) is 14.2. The first kappa shape index (κ1) is 21.6. The van der Waals surface area contributed by atoms with E-state index in [2.05, 4.69) is 10.2 Å². The number of carbonyl (C=O) groups is 2. The smallest absolute Gasteiger partial charge is 0.338 e. The molecule has 160 valence electrons. The largest absolute Gasteiger partial charge is 0.491 e. The number of hydrogen-bond donors (Lipinski definition) is 1. The van der Waals surface area contributed by atoms with Gasteiger partial charge in [0.1, 0.15) is 5.75 Å². The average molecular weight is 412 g/mol. The molecular formula is C23H28N2O5. The van der Waals surface area contributed by atoms with E-state index in [4.69, 9.17) is 14.2 Å². The van der Waals surface area contributed by atoms with E-state index < -0.39 is 12.1 Å². The fourth-order valence-electron chi connectivity index (χ4n) is 3.04. The van der Waals surface area contributed by atoms with Gasteiger partial charge in [-0.05, 0) is 69.3 Å². The molecule has 0 unspecified atom stereocenters. The van der Waals surface area contributed by atoms with Gasteiger partial charge in [-0.1, -0.05) is 0 Å². The molecule has 2 aromatic carbocycles. The van der Waals surface area contributed by atoms with Gasteiger partial charge in [0.2, 0.25) is 0 Å². The maximum atomic E-state index is 12.4. The van der Waals surface area contributed by atoms with Crippen molar-refractivity contribution in [1.82, 2.24) is 0 Å². The summed E-state index contributed by atoms with van der Waals surface area (Å²) in [5.74, 6) is -0.272. The third-order valence-corrected chi connectivity index (χ3v) is 4.63. The van der Waals surface area contributed by atoms with E-state index in [9.17, 15) is 9.59 Å². The monoisotopic (exact) mass is 412 g/mol. The van der Waals surface area contributed by atoms with Crippen molar-refractivity contribution >= 4 is 23.3 Å². The predicted octanol–water partition coefficient (Wildman–Crippen LogP) is 3.49. The van der Waals surface area contributed by atoms with Crippen LogP contribution in [0, 0.1) is 0 Å². The summed E-state index contributed by atoms with van der Waals surface area (Å²) >= 11 is 0. The second-order valence-corrected chi connectivity index (χ2v) is 7.37. The molecule has 1 aliphatic heterocycles. The predicted molar refractivity (Wildman–Crippen MR) is 115 cm³/mol. The van der Waals surface area contributed by atoms with E-state index in [1.54, 1.807) is 31.2 Å². The number of anilines is 2. The molecule has 1 heterocycles. The fourth-order valence-corrected chi connectivity index (χ4v) is 3.04. The number of amides is 1. The molecule has 0 saturated carbocycles. The van der Waals surface area contributed by atoms with Gasteiger partial charge < -0.3 is 24.4 Å². The van der Waals surface area contributed by atoms with Crippen LogP contribution in [0.5, 0.6) is 5.75 Å². The molecule has 0 aromatic heterocycles. The van der Waals surface area contributed by atoms with Gasteiger partial charge in [-0.3, -0.25) is 4.79 Å². The summed E-state index contributed by atoms with van der Waals surface area (Å²) < 4.78 is 16.2. The molecule has 7 nitrogen and oxygen atoms in total. The molecule has 30 heavy (non-hydrogen) atoms. The molecule has 1 amide bonds. The zero-order chi connectivity index (χ0) is 21.5. The first-order valence-electron chi connectivity index (χ1n) is 10.1. The lowest BCUT2D eigenvalue weighted by molar-refractivity contribution is -0.123. The third-order valence-electron chi connectivity index (χ3n) is 4.63. The van der Waals surface area contributed by atoms with Crippen molar-refractivity contribution in [2.45, 2.75) is 33.0 Å². The van der Waals surface area contributed by atoms with Crippen LogP contribution in [0.2, 0.25) is 0 Å². The molecule has 0 aliphatic carbocycles. The summed E-state index contributed by atoms with van der Waals surface area (Å²) in [6.45, 7) is 8.54. The van der Waals surface area contributed by atoms with Gasteiger partial charge in [-0.2, -0.15) is 0 Å². The number of morpholine rings is 1. The number of ether oxygens (including phenoxy) is 3. The minimum absolute atomic E-state index is 0.0504. The third kappa shape index (κ3) is 5.97. The van der Waals surface area contributed by atoms with Crippen molar-refractivity contribution in [2.24, 2.45) is 0 Å². The van der Waals surface area contributed by atoms with Gasteiger partial charge in [0, 0.05) is 24.5 Å². The van der Waals surface area contributed by atoms with Crippen LogP contribution < -0.4 is 15.0 Å². The van der Waals surface area contributed by atoms with Crippen molar-refractivity contribution < 1.29 is 23.8 Å². The summed E-state index contributed by atoms with van der Waals surface area (Å²) in [6.07, 6.45) is -0.877. The molecule has 0 spiro atoms. The zero-order valence-corrected chi connectivity index (χ0v) is 17.6. The topological polar surface area (TPSA) is 77.1 Å². The Morgan fingerprint density at radius 2 is 1.60 bits per heavy atom. The van der Waals surface area contributed by atoms with E-state index >= 15 is 0 Å². The van der Waals surface area contributed by atoms with Crippen LogP contribution in [0.4, 0.5) is 11.4 Å². The lowest BCUT2D eigenvalue weighted by atomic mass is 10.2. The average Bonchev–Trinajstić information content (AvgIpc) is 2.75. The number of hydrogen-bond acceptors (Lipinski definition) is 6. The molecule has 7 heteroatoms. The Hall–Kier alpha value is -3.06. The Bertz CT molecular complexity index is 843. The van der Waals surface area contributed by atoms with Crippen molar-refractivity contribution in [3.05, 3.63) is 54.1 Å². The summed E-state index contributed by atoms with van der Waals surface area (Å²) in [5.41, 5.74) is 2.09. The number of esters is 1. The van der Waals surface area contributed by atoms with Crippen LogP contribution >= 0.6 is 0 Å². The number of benzene rings is 2. The number of rotatable bonds is 7. The van der Waals surface area contributed by atoms with Crippen molar-refractivity contribution in [3.63, 3.8) is 0 Å². The van der Waals surface area contributed by atoms with Crippen molar-refractivity contribution in [3.8, 4) is 5.75 Å². The maximum Gasteiger partial charge on any atom is 0.338 e. The van der Waals surface area contributed by atoms with Gasteiger partial charge >= 0.3 is 5.97 Å². The first-order chi connectivity index (χ1) is 14.4. The van der Waals surface area contributed by atoms with Crippen LogP contribution in [0.3, 0.4) is 0 Å².